The zero-order valence-corrected chi connectivity index (χ0v) is 22.2. The van der Waals surface area contributed by atoms with Crippen molar-refractivity contribution < 1.29 is 28.5 Å². The van der Waals surface area contributed by atoms with Crippen LogP contribution in [0.2, 0.25) is 0 Å². The monoisotopic (exact) mass is 507 g/mol. The van der Waals surface area contributed by atoms with Crippen LogP contribution in [0.5, 0.6) is 0 Å². The van der Waals surface area contributed by atoms with Crippen molar-refractivity contribution >= 4 is 5.97 Å². The van der Waals surface area contributed by atoms with Crippen LogP contribution in [0.15, 0.2) is 46.9 Å². The number of hydrogen-bond donors (Lipinski definition) is 1. The lowest BCUT2D eigenvalue weighted by molar-refractivity contribution is -0.159. The first-order valence-electron chi connectivity index (χ1n) is 13.0. The standard InChI is InChI=1S/C30H37NO6/c1-19-7-5-8-23(13-19)29-31-27(22(4)37-29)17-34-25-9-6-10-26(15-25)35-18-28(30(32)33)36-16-24-14-20(2)11-12-21(24)3/h5,7-8,11-14,25-26,28H,6,9-10,15-18H2,1-4H3,(H,32,33). The molecule has 3 unspecified atom stereocenters. The highest BCUT2D eigenvalue weighted by molar-refractivity contribution is 5.72. The molecular weight excluding hydrogens is 470 g/mol. The summed E-state index contributed by atoms with van der Waals surface area (Å²) in [5, 5.41) is 9.65. The van der Waals surface area contributed by atoms with Crippen molar-refractivity contribution in [2.24, 2.45) is 0 Å². The predicted molar refractivity (Wildman–Crippen MR) is 140 cm³/mol. The first kappa shape index (κ1) is 27.0. The molecule has 1 aliphatic carbocycles. The van der Waals surface area contributed by atoms with E-state index in [0.717, 1.165) is 58.5 Å². The van der Waals surface area contributed by atoms with Crippen molar-refractivity contribution in [3.05, 3.63) is 76.2 Å². The van der Waals surface area contributed by atoms with Gasteiger partial charge in [-0.05, 0) is 76.6 Å². The third-order valence-electron chi connectivity index (χ3n) is 6.89. The van der Waals surface area contributed by atoms with Gasteiger partial charge in [0.2, 0.25) is 5.89 Å². The average molecular weight is 508 g/mol. The SMILES string of the molecule is Cc1cccc(-c2nc(COC3CCCC(OCC(OCc4cc(C)ccc4C)C(=O)O)C3)c(C)o2)c1. The fourth-order valence-electron chi connectivity index (χ4n) is 4.63. The highest BCUT2D eigenvalue weighted by Gasteiger charge is 2.27. The Balaban J connectivity index is 1.27. The molecule has 1 aliphatic rings. The number of aryl methyl sites for hydroxylation is 4. The van der Waals surface area contributed by atoms with Crippen molar-refractivity contribution in [2.45, 2.75) is 84.9 Å². The minimum Gasteiger partial charge on any atom is -0.479 e. The summed E-state index contributed by atoms with van der Waals surface area (Å²) in [7, 11) is 0. The van der Waals surface area contributed by atoms with Crippen LogP contribution in [-0.4, -0.2) is 41.0 Å². The van der Waals surface area contributed by atoms with Crippen molar-refractivity contribution in [1.82, 2.24) is 4.98 Å². The average Bonchev–Trinajstić information content (AvgIpc) is 3.25. The normalized spacial score (nSPS) is 18.6. The van der Waals surface area contributed by atoms with Gasteiger partial charge in [0, 0.05) is 5.56 Å². The number of benzene rings is 2. The zero-order valence-electron chi connectivity index (χ0n) is 22.2. The molecule has 2 aromatic carbocycles. The van der Waals surface area contributed by atoms with Crippen molar-refractivity contribution in [3.8, 4) is 11.5 Å². The Morgan fingerprint density at radius 2 is 1.78 bits per heavy atom. The van der Waals surface area contributed by atoms with E-state index in [0.29, 0.717) is 18.9 Å². The molecule has 0 spiro atoms. The van der Waals surface area contributed by atoms with Gasteiger partial charge in [0.05, 0.1) is 32.0 Å². The highest BCUT2D eigenvalue weighted by Crippen LogP contribution is 2.27. The highest BCUT2D eigenvalue weighted by atomic mass is 16.6. The van der Waals surface area contributed by atoms with E-state index < -0.39 is 12.1 Å². The van der Waals surface area contributed by atoms with Crippen LogP contribution < -0.4 is 0 Å². The third kappa shape index (κ3) is 7.51. The molecule has 37 heavy (non-hydrogen) atoms. The molecule has 0 amide bonds. The Labute approximate surface area is 218 Å². The number of aromatic nitrogens is 1. The molecule has 4 rings (SSSR count). The number of aliphatic carboxylic acids is 1. The third-order valence-corrected chi connectivity index (χ3v) is 6.89. The van der Waals surface area contributed by atoms with Crippen LogP contribution in [0.25, 0.3) is 11.5 Å². The van der Waals surface area contributed by atoms with Crippen molar-refractivity contribution in [2.75, 3.05) is 6.61 Å². The van der Waals surface area contributed by atoms with Gasteiger partial charge in [-0.2, -0.15) is 0 Å². The minimum atomic E-state index is -1.01. The number of ether oxygens (including phenoxy) is 3. The first-order valence-corrected chi connectivity index (χ1v) is 13.0. The molecule has 1 aromatic heterocycles. The van der Waals surface area contributed by atoms with Gasteiger partial charge in [0.1, 0.15) is 11.5 Å². The maximum atomic E-state index is 11.8. The second-order valence-electron chi connectivity index (χ2n) is 10.0. The quantitative estimate of drug-likeness (QED) is 0.336. The Morgan fingerprint density at radius 1 is 1.03 bits per heavy atom. The topological polar surface area (TPSA) is 91.0 Å². The molecule has 0 radical (unpaired) electrons. The molecule has 1 fully saturated rings. The maximum absolute atomic E-state index is 11.8. The van der Waals surface area contributed by atoms with E-state index in [9.17, 15) is 9.90 Å². The number of nitrogens with zero attached hydrogens (tertiary/aromatic N) is 1. The van der Waals surface area contributed by atoms with Crippen LogP contribution >= 0.6 is 0 Å². The van der Waals surface area contributed by atoms with Gasteiger partial charge < -0.3 is 23.7 Å². The molecule has 3 aromatic rings. The lowest BCUT2D eigenvalue weighted by atomic mass is 9.95. The summed E-state index contributed by atoms with van der Waals surface area (Å²) in [6.45, 7) is 8.58. The fourth-order valence-corrected chi connectivity index (χ4v) is 4.63. The molecule has 7 nitrogen and oxygen atoms in total. The van der Waals surface area contributed by atoms with Gasteiger partial charge in [-0.15, -0.1) is 0 Å². The zero-order chi connectivity index (χ0) is 26.4. The summed E-state index contributed by atoms with van der Waals surface area (Å²) in [4.78, 5) is 16.4. The first-order chi connectivity index (χ1) is 17.8. The van der Waals surface area contributed by atoms with E-state index in [1.807, 2.05) is 64.1 Å². The Kier molecular flexibility index (Phi) is 9.14. The summed E-state index contributed by atoms with van der Waals surface area (Å²) in [5.74, 6) is 0.343. The summed E-state index contributed by atoms with van der Waals surface area (Å²) in [5.41, 5.74) is 6.09. The largest absolute Gasteiger partial charge is 0.479 e. The number of carboxylic acids is 1. The Morgan fingerprint density at radius 3 is 2.54 bits per heavy atom. The van der Waals surface area contributed by atoms with Crippen LogP contribution in [0.4, 0.5) is 0 Å². The summed E-state index contributed by atoms with van der Waals surface area (Å²) in [6.07, 6.45) is 2.44. The van der Waals surface area contributed by atoms with Gasteiger partial charge in [0.25, 0.3) is 0 Å². The van der Waals surface area contributed by atoms with E-state index in [4.69, 9.17) is 18.6 Å². The Bertz CT molecular complexity index is 1200. The van der Waals surface area contributed by atoms with Crippen LogP contribution in [-0.2, 0) is 32.2 Å². The molecule has 7 heteroatoms. The van der Waals surface area contributed by atoms with E-state index in [1.165, 1.54) is 0 Å². The van der Waals surface area contributed by atoms with Crippen LogP contribution in [0.3, 0.4) is 0 Å². The summed E-state index contributed by atoms with van der Waals surface area (Å²) in [6, 6.07) is 14.2. The fraction of sp³-hybridized carbons (Fsp3) is 0.467. The van der Waals surface area contributed by atoms with E-state index in [1.54, 1.807) is 0 Å². The van der Waals surface area contributed by atoms with E-state index >= 15 is 0 Å². The molecule has 0 saturated heterocycles. The van der Waals surface area contributed by atoms with E-state index in [-0.39, 0.29) is 25.4 Å². The lowest BCUT2D eigenvalue weighted by Gasteiger charge is -2.30. The van der Waals surface area contributed by atoms with Crippen molar-refractivity contribution in [1.29, 1.82) is 0 Å². The predicted octanol–water partition coefficient (Wildman–Crippen LogP) is 6.09. The minimum absolute atomic E-state index is 0.0137. The van der Waals surface area contributed by atoms with Crippen molar-refractivity contribution in [3.63, 3.8) is 0 Å². The van der Waals surface area contributed by atoms with Gasteiger partial charge in [-0.3, -0.25) is 0 Å². The second-order valence-corrected chi connectivity index (χ2v) is 10.0. The van der Waals surface area contributed by atoms with Gasteiger partial charge >= 0.3 is 5.97 Å². The molecular formula is C30H37NO6. The summed E-state index contributed by atoms with van der Waals surface area (Å²) < 4.78 is 23.8. The molecule has 1 N–H and O–H groups in total. The number of hydrogen-bond acceptors (Lipinski definition) is 6. The molecule has 1 heterocycles. The second kappa shape index (κ2) is 12.5. The number of oxazole rings is 1. The lowest BCUT2D eigenvalue weighted by Crippen LogP contribution is -2.34. The molecule has 198 valence electrons. The van der Waals surface area contributed by atoms with Gasteiger partial charge in [-0.1, -0.05) is 41.5 Å². The van der Waals surface area contributed by atoms with Crippen LogP contribution in [0.1, 0.15) is 59.4 Å². The van der Waals surface area contributed by atoms with Gasteiger partial charge in [0.15, 0.2) is 6.10 Å². The summed E-state index contributed by atoms with van der Waals surface area (Å²) >= 11 is 0. The maximum Gasteiger partial charge on any atom is 0.335 e. The van der Waals surface area contributed by atoms with Crippen LogP contribution in [0, 0.1) is 27.7 Å². The number of carboxylic acid groups (broad SMARTS) is 1. The molecule has 3 atom stereocenters. The smallest absolute Gasteiger partial charge is 0.335 e. The molecule has 0 aliphatic heterocycles. The van der Waals surface area contributed by atoms with E-state index in [2.05, 4.69) is 11.1 Å². The Hall–Kier alpha value is -3.00. The number of carbonyl (C=O) groups is 1. The van der Waals surface area contributed by atoms with Gasteiger partial charge in [-0.25, -0.2) is 9.78 Å². The molecule has 0 bridgehead atoms. The number of rotatable bonds is 11. The molecule has 1 saturated carbocycles.